The SMILES string of the molecule is CCSCc1ccc(C(=O)N2CCC3CCC(C2)N3)cc1.Cl. The molecule has 2 bridgehead atoms. The number of hydrogen-bond donors (Lipinski definition) is 1. The number of amides is 1. The Labute approximate surface area is 143 Å². The van der Waals surface area contributed by atoms with E-state index < -0.39 is 0 Å². The van der Waals surface area contributed by atoms with Crippen LogP contribution in [0.1, 0.15) is 42.1 Å². The van der Waals surface area contributed by atoms with Gasteiger partial charge in [0.25, 0.3) is 5.91 Å². The van der Waals surface area contributed by atoms with Crippen molar-refractivity contribution in [1.29, 1.82) is 0 Å². The number of halogens is 1. The number of thioether (sulfide) groups is 1. The summed E-state index contributed by atoms with van der Waals surface area (Å²) < 4.78 is 0. The molecular weight excluding hydrogens is 316 g/mol. The Morgan fingerprint density at radius 3 is 2.68 bits per heavy atom. The van der Waals surface area contributed by atoms with E-state index in [1.807, 2.05) is 28.8 Å². The molecule has 1 N–H and O–H groups in total. The zero-order valence-corrected chi connectivity index (χ0v) is 14.7. The van der Waals surface area contributed by atoms with Gasteiger partial charge >= 0.3 is 0 Å². The van der Waals surface area contributed by atoms with Gasteiger partial charge in [-0.05, 0) is 42.7 Å². The molecule has 22 heavy (non-hydrogen) atoms. The van der Waals surface area contributed by atoms with Gasteiger partial charge in [-0.2, -0.15) is 11.8 Å². The van der Waals surface area contributed by atoms with Gasteiger partial charge in [-0.1, -0.05) is 19.1 Å². The Bertz CT molecular complexity index is 494. The molecule has 122 valence electrons. The fourth-order valence-corrected chi connectivity index (χ4v) is 3.91. The van der Waals surface area contributed by atoms with E-state index in [9.17, 15) is 4.79 Å². The van der Waals surface area contributed by atoms with Crippen molar-refractivity contribution >= 4 is 30.1 Å². The maximum absolute atomic E-state index is 12.6. The van der Waals surface area contributed by atoms with E-state index in [1.54, 1.807) is 0 Å². The lowest BCUT2D eigenvalue weighted by Crippen LogP contribution is -2.39. The van der Waals surface area contributed by atoms with Crippen LogP contribution >= 0.6 is 24.2 Å². The smallest absolute Gasteiger partial charge is 0.253 e. The van der Waals surface area contributed by atoms with Crippen LogP contribution in [0.4, 0.5) is 0 Å². The summed E-state index contributed by atoms with van der Waals surface area (Å²) in [6.07, 6.45) is 3.57. The largest absolute Gasteiger partial charge is 0.337 e. The van der Waals surface area contributed by atoms with Crippen molar-refractivity contribution < 1.29 is 4.79 Å². The van der Waals surface area contributed by atoms with Crippen molar-refractivity contribution in [3.8, 4) is 0 Å². The fourth-order valence-electron chi connectivity index (χ4n) is 3.27. The Hall–Kier alpha value is -0.710. The molecule has 2 unspecified atom stereocenters. The molecule has 2 aliphatic heterocycles. The van der Waals surface area contributed by atoms with Crippen molar-refractivity contribution in [2.24, 2.45) is 0 Å². The lowest BCUT2D eigenvalue weighted by molar-refractivity contribution is 0.0748. The molecule has 2 saturated heterocycles. The molecule has 1 aromatic rings. The van der Waals surface area contributed by atoms with Gasteiger partial charge in [0.1, 0.15) is 0 Å². The fraction of sp³-hybridized carbons (Fsp3) is 0.588. The second kappa shape index (κ2) is 8.23. The van der Waals surface area contributed by atoms with Gasteiger partial charge in [0, 0.05) is 36.5 Å². The van der Waals surface area contributed by atoms with Gasteiger partial charge in [-0.25, -0.2) is 0 Å². The van der Waals surface area contributed by atoms with Crippen molar-refractivity contribution in [3.63, 3.8) is 0 Å². The standard InChI is InChI=1S/C17H24N2OS.ClH/c1-2-21-12-13-3-5-14(6-4-13)17(20)19-10-9-15-7-8-16(11-19)18-15;/h3-6,15-16,18H,2,7-12H2,1H3;1H. The number of nitrogens with zero attached hydrogens (tertiary/aromatic N) is 1. The van der Waals surface area contributed by atoms with E-state index in [0.29, 0.717) is 12.1 Å². The van der Waals surface area contributed by atoms with Crippen LogP contribution in [0.15, 0.2) is 24.3 Å². The minimum atomic E-state index is 0. The first-order chi connectivity index (χ1) is 10.3. The van der Waals surface area contributed by atoms with E-state index in [4.69, 9.17) is 0 Å². The summed E-state index contributed by atoms with van der Waals surface area (Å²) in [6, 6.07) is 9.30. The number of hydrogen-bond acceptors (Lipinski definition) is 3. The summed E-state index contributed by atoms with van der Waals surface area (Å²) >= 11 is 1.91. The predicted molar refractivity (Wildman–Crippen MR) is 96.0 cm³/mol. The van der Waals surface area contributed by atoms with Gasteiger partial charge < -0.3 is 10.2 Å². The van der Waals surface area contributed by atoms with Crippen molar-refractivity contribution in [2.45, 2.75) is 44.0 Å². The Kier molecular flexibility index (Phi) is 6.60. The summed E-state index contributed by atoms with van der Waals surface area (Å²) in [5, 5.41) is 3.62. The summed E-state index contributed by atoms with van der Waals surface area (Å²) in [7, 11) is 0. The van der Waals surface area contributed by atoms with Crippen LogP contribution in [0.25, 0.3) is 0 Å². The van der Waals surface area contributed by atoms with Crippen LogP contribution in [-0.4, -0.2) is 41.7 Å². The Morgan fingerprint density at radius 2 is 1.95 bits per heavy atom. The number of fused-ring (bicyclic) bond motifs is 2. The van der Waals surface area contributed by atoms with Crippen LogP contribution in [0, 0.1) is 0 Å². The predicted octanol–water partition coefficient (Wildman–Crippen LogP) is 3.33. The summed E-state index contributed by atoms with van der Waals surface area (Å²) in [5.41, 5.74) is 2.13. The molecule has 0 saturated carbocycles. The zero-order valence-electron chi connectivity index (χ0n) is 13.1. The highest BCUT2D eigenvalue weighted by Gasteiger charge is 2.31. The zero-order chi connectivity index (χ0) is 14.7. The lowest BCUT2D eigenvalue weighted by Gasteiger charge is -2.24. The third-order valence-electron chi connectivity index (χ3n) is 4.48. The third-order valence-corrected chi connectivity index (χ3v) is 5.43. The van der Waals surface area contributed by atoms with Crippen molar-refractivity contribution in [1.82, 2.24) is 10.2 Å². The number of benzene rings is 1. The first-order valence-electron chi connectivity index (χ1n) is 7.98. The molecule has 0 radical (unpaired) electrons. The van der Waals surface area contributed by atoms with Crippen LogP contribution in [0.3, 0.4) is 0 Å². The maximum atomic E-state index is 12.6. The van der Waals surface area contributed by atoms with E-state index in [1.165, 1.54) is 18.4 Å². The first-order valence-corrected chi connectivity index (χ1v) is 9.13. The van der Waals surface area contributed by atoms with E-state index in [-0.39, 0.29) is 18.3 Å². The molecule has 1 aromatic carbocycles. The van der Waals surface area contributed by atoms with Gasteiger partial charge in [-0.15, -0.1) is 12.4 Å². The number of carbonyl (C=O) groups is 1. The molecule has 0 aromatic heterocycles. The molecule has 3 rings (SSSR count). The molecule has 3 nitrogen and oxygen atoms in total. The molecule has 0 spiro atoms. The Balaban J connectivity index is 0.00000176. The normalized spacial score (nSPS) is 23.8. The number of carbonyl (C=O) groups excluding carboxylic acids is 1. The van der Waals surface area contributed by atoms with Crippen LogP contribution in [-0.2, 0) is 5.75 Å². The molecule has 2 fully saturated rings. The molecule has 2 atom stereocenters. The van der Waals surface area contributed by atoms with E-state index in [2.05, 4.69) is 24.4 Å². The highest BCUT2D eigenvalue weighted by atomic mass is 35.5. The summed E-state index contributed by atoms with van der Waals surface area (Å²) in [6.45, 7) is 3.92. The maximum Gasteiger partial charge on any atom is 0.253 e. The highest BCUT2D eigenvalue weighted by molar-refractivity contribution is 7.98. The molecule has 2 aliphatic rings. The van der Waals surface area contributed by atoms with Gasteiger partial charge in [0.15, 0.2) is 0 Å². The lowest BCUT2D eigenvalue weighted by atomic mass is 10.1. The van der Waals surface area contributed by atoms with Crippen molar-refractivity contribution in [2.75, 3.05) is 18.8 Å². The second-order valence-electron chi connectivity index (χ2n) is 6.01. The van der Waals surface area contributed by atoms with Gasteiger partial charge in [0.2, 0.25) is 0 Å². The quantitative estimate of drug-likeness (QED) is 0.912. The Morgan fingerprint density at radius 1 is 1.23 bits per heavy atom. The monoisotopic (exact) mass is 340 g/mol. The molecule has 5 heteroatoms. The molecule has 1 amide bonds. The highest BCUT2D eigenvalue weighted by Crippen LogP contribution is 2.22. The van der Waals surface area contributed by atoms with Gasteiger partial charge in [0.05, 0.1) is 0 Å². The minimum Gasteiger partial charge on any atom is -0.337 e. The van der Waals surface area contributed by atoms with Crippen LogP contribution in [0.2, 0.25) is 0 Å². The second-order valence-corrected chi connectivity index (χ2v) is 7.29. The molecule has 0 aliphatic carbocycles. The average molecular weight is 341 g/mol. The first kappa shape index (κ1) is 17.6. The average Bonchev–Trinajstić information content (AvgIpc) is 2.84. The van der Waals surface area contributed by atoms with Crippen LogP contribution < -0.4 is 5.32 Å². The van der Waals surface area contributed by atoms with Crippen LogP contribution in [0.5, 0.6) is 0 Å². The summed E-state index contributed by atoms with van der Waals surface area (Å²) in [5.74, 6) is 2.35. The number of rotatable bonds is 4. The minimum absolute atomic E-state index is 0. The summed E-state index contributed by atoms with van der Waals surface area (Å²) in [4.78, 5) is 14.7. The van der Waals surface area contributed by atoms with E-state index in [0.717, 1.165) is 36.6 Å². The van der Waals surface area contributed by atoms with Crippen molar-refractivity contribution in [3.05, 3.63) is 35.4 Å². The third kappa shape index (κ3) is 4.18. The number of nitrogens with one attached hydrogen (secondary N) is 1. The van der Waals surface area contributed by atoms with E-state index >= 15 is 0 Å². The topological polar surface area (TPSA) is 32.3 Å². The van der Waals surface area contributed by atoms with Gasteiger partial charge in [-0.3, -0.25) is 4.79 Å². The molecular formula is C17H25ClN2OS. The number of likely N-dealkylation sites (tertiary alicyclic amines) is 1. The molecule has 2 heterocycles.